The number of rotatable bonds is 5. The maximum atomic E-state index is 13.3. The Hall–Kier alpha value is -2.51. The Labute approximate surface area is 161 Å². The summed E-state index contributed by atoms with van der Waals surface area (Å²) >= 11 is 1.29. The molecule has 0 aliphatic carbocycles. The van der Waals surface area contributed by atoms with Gasteiger partial charge in [0.15, 0.2) is 5.13 Å². The number of carbonyl (C=O) groups excluding carboxylic acids is 1. The largest absolute Gasteiger partial charge is 0.382 e. The van der Waals surface area contributed by atoms with Crippen LogP contribution in [0.4, 0.5) is 15.2 Å². The van der Waals surface area contributed by atoms with Crippen molar-refractivity contribution in [1.82, 2.24) is 9.88 Å². The van der Waals surface area contributed by atoms with Gasteiger partial charge in [-0.05, 0) is 43.2 Å². The van der Waals surface area contributed by atoms with E-state index in [9.17, 15) is 9.18 Å². The number of amides is 1. The average molecular weight is 384 g/mol. The first kappa shape index (κ1) is 17.9. The molecule has 0 bridgehead atoms. The fourth-order valence-corrected chi connectivity index (χ4v) is 4.23. The number of carbonyl (C=O) groups is 1. The Morgan fingerprint density at radius 2 is 1.96 bits per heavy atom. The van der Waals surface area contributed by atoms with Crippen LogP contribution in [0, 0.1) is 5.82 Å². The summed E-state index contributed by atoms with van der Waals surface area (Å²) in [6.07, 6.45) is 2.01. The monoisotopic (exact) mass is 384 g/mol. The number of para-hydroxylation sites is 1. The number of halogens is 1. The van der Waals surface area contributed by atoms with Crippen LogP contribution in [0.25, 0.3) is 10.2 Å². The number of likely N-dealkylation sites (tertiary alicyclic amines) is 1. The number of aromatic nitrogens is 1. The van der Waals surface area contributed by atoms with E-state index in [0.717, 1.165) is 36.3 Å². The summed E-state index contributed by atoms with van der Waals surface area (Å²) in [5, 5.41) is 6.90. The molecule has 2 aromatic carbocycles. The quantitative estimate of drug-likeness (QED) is 0.699. The van der Waals surface area contributed by atoms with Gasteiger partial charge < -0.3 is 10.6 Å². The number of hydrogen-bond acceptors (Lipinski definition) is 5. The Balaban J connectivity index is 1.26. The lowest BCUT2D eigenvalue weighted by atomic mass is 10.0. The van der Waals surface area contributed by atoms with Gasteiger partial charge in [0.2, 0.25) is 5.91 Å². The molecule has 1 fully saturated rings. The van der Waals surface area contributed by atoms with Crippen molar-refractivity contribution in [3.63, 3.8) is 0 Å². The van der Waals surface area contributed by atoms with Crippen LogP contribution < -0.4 is 10.6 Å². The lowest BCUT2D eigenvalue weighted by Gasteiger charge is -2.32. The van der Waals surface area contributed by atoms with E-state index in [1.54, 1.807) is 6.07 Å². The van der Waals surface area contributed by atoms with Crippen molar-refractivity contribution < 1.29 is 9.18 Å². The van der Waals surface area contributed by atoms with Gasteiger partial charge in [0.1, 0.15) is 5.82 Å². The van der Waals surface area contributed by atoms with E-state index in [1.807, 2.05) is 18.2 Å². The highest BCUT2D eigenvalue weighted by atomic mass is 32.1. The number of nitrogens with zero attached hydrogens (tertiary/aromatic N) is 2. The molecule has 3 aromatic rings. The van der Waals surface area contributed by atoms with E-state index in [4.69, 9.17) is 0 Å². The maximum absolute atomic E-state index is 13.3. The van der Waals surface area contributed by atoms with Crippen molar-refractivity contribution in [2.24, 2.45) is 0 Å². The third kappa shape index (κ3) is 4.61. The van der Waals surface area contributed by atoms with E-state index in [-0.39, 0.29) is 11.7 Å². The number of piperidine rings is 1. The molecule has 5 nitrogen and oxygen atoms in total. The number of nitrogens with one attached hydrogen (secondary N) is 2. The average Bonchev–Trinajstić information content (AvgIpc) is 3.05. The molecule has 0 radical (unpaired) electrons. The second-order valence-electron chi connectivity index (χ2n) is 6.74. The summed E-state index contributed by atoms with van der Waals surface area (Å²) in [5.74, 6) is -0.375. The molecule has 1 saturated heterocycles. The highest BCUT2D eigenvalue weighted by Crippen LogP contribution is 2.26. The van der Waals surface area contributed by atoms with Gasteiger partial charge in [-0.2, -0.15) is 0 Å². The molecule has 2 N–H and O–H groups in total. The minimum atomic E-state index is -0.295. The molecule has 7 heteroatoms. The normalized spacial score (nSPS) is 15.7. The van der Waals surface area contributed by atoms with Gasteiger partial charge in [-0.3, -0.25) is 9.69 Å². The number of thiazole rings is 1. The van der Waals surface area contributed by atoms with Gasteiger partial charge in [0.05, 0.1) is 16.8 Å². The van der Waals surface area contributed by atoms with Crippen LogP contribution in [0.15, 0.2) is 48.5 Å². The summed E-state index contributed by atoms with van der Waals surface area (Å²) in [4.78, 5) is 18.8. The van der Waals surface area contributed by atoms with Crippen molar-refractivity contribution in [1.29, 1.82) is 0 Å². The van der Waals surface area contributed by atoms with Crippen LogP contribution in [-0.4, -0.2) is 41.5 Å². The second-order valence-corrected chi connectivity index (χ2v) is 7.77. The van der Waals surface area contributed by atoms with Crippen LogP contribution in [-0.2, 0) is 4.79 Å². The summed E-state index contributed by atoms with van der Waals surface area (Å²) in [7, 11) is 0. The fourth-order valence-electron chi connectivity index (χ4n) is 3.32. The standard InChI is InChI=1S/C20H21FN4OS/c21-14-6-7-17-18(12-14)27-20(23-17)24-19(26)13-25-10-8-16(9-11-25)22-15-4-2-1-3-5-15/h1-7,12,16,22H,8-11,13H2,(H,23,24,26). The SMILES string of the molecule is O=C(CN1CCC(Nc2ccccc2)CC1)Nc1nc2ccc(F)cc2s1. The number of fused-ring (bicyclic) bond motifs is 1. The third-order valence-corrected chi connectivity index (χ3v) is 5.63. The van der Waals surface area contributed by atoms with E-state index >= 15 is 0 Å². The molecular formula is C20H21FN4OS. The van der Waals surface area contributed by atoms with Gasteiger partial charge in [0, 0.05) is 24.8 Å². The highest BCUT2D eigenvalue weighted by molar-refractivity contribution is 7.22. The number of anilines is 2. The molecule has 0 saturated carbocycles. The lowest BCUT2D eigenvalue weighted by Crippen LogP contribution is -2.42. The second kappa shape index (κ2) is 8.02. The van der Waals surface area contributed by atoms with Crippen LogP contribution in [0.1, 0.15) is 12.8 Å². The van der Waals surface area contributed by atoms with Crippen LogP contribution >= 0.6 is 11.3 Å². The Bertz CT molecular complexity index is 922. The zero-order valence-corrected chi connectivity index (χ0v) is 15.6. The van der Waals surface area contributed by atoms with E-state index in [0.29, 0.717) is 23.2 Å². The molecule has 0 spiro atoms. The molecule has 0 atom stereocenters. The Kier molecular flexibility index (Phi) is 5.31. The van der Waals surface area contributed by atoms with Crippen LogP contribution in [0.2, 0.25) is 0 Å². The van der Waals surface area contributed by atoms with Gasteiger partial charge in [-0.15, -0.1) is 0 Å². The van der Waals surface area contributed by atoms with Crippen LogP contribution in [0.3, 0.4) is 0 Å². The van der Waals surface area contributed by atoms with Crippen LogP contribution in [0.5, 0.6) is 0 Å². The molecular weight excluding hydrogens is 363 g/mol. The molecule has 1 aliphatic rings. The zero-order chi connectivity index (χ0) is 18.6. The molecule has 140 valence electrons. The lowest BCUT2D eigenvalue weighted by molar-refractivity contribution is -0.117. The van der Waals surface area contributed by atoms with Gasteiger partial charge in [0.25, 0.3) is 0 Å². The van der Waals surface area contributed by atoms with Crippen molar-refractivity contribution in [2.75, 3.05) is 30.3 Å². The molecule has 27 heavy (non-hydrogen) atoms. The van der Waals surface area contributed by atoms with Crippen molar-refractivity contribution in [3.8, 4) is 0 Å². The van der Waals surface area contributed by atoms with Crippen molar-refractivity contribution >= 4 is 38.3 Å². The molecule has 1 amide bonds. The summed E-state index contributed by atoms with van der Waals surface area (Å²) in [5.41, 5.74) is 1.84. The number of hydrogen-bond donors (Lipinski definition) is 2. The Morgan fingerprint density at radius 1 is 1.19 bits per heavy atom. The molecule has 1 aliphatic heterocycles. The fraction of sp³-hybridized carbons (Fsp3) is 0.300. The van der Waals surface area contributed by atoms with Crippen molar-refractivity contribution in [3.05, 3.63) is 54.3 Å². The summed E-state index contributed by atoms with van der Waals surface area (Å²) in [6.45, 7) is 2.11. The first-order valence-corrected chi connectivity index (χ1v) is 9.87. The Morgan fingerprint density at radius 3 is 2.74 bits per heavy atom. The zero-order valence-electron chi connectivity index (χ0n) is 14.8. The predicted molar refractivity (Wildman–Crippen MR) is 108 cm³/mol. The minimum absolute atomic E-state index is 0.0796. The predicted octanol–water partition coefficient (Wildman–Crippen LogP) is 3.95. The van der Waals surface area contributed by atoms with Gasteiger partial charge in [-0.25, -0.2) is 9.37 Å². The summed E-state index contributed by atoms with van der Waals surface area (Å²) in [6, 6.07) is 15.1. The van der Waals surface area contributed by atoms with E-state index in [1.165, 1.54) is 23.5 Å². The first-order chi connectivity index (χ1) is 13.2. The van der Waals surface area contributed by atoms with Crippen molar-refractivity contribution in [2.45, 2.75) is 18.9 Å². The minimum Gasteiger partial charge on any atom is -0.382 e. The molecule has 1 aromatic heterocycles. The highest BCUT2D eigenvalue weighted by Gasteiger charge is 2.21. The number of benzene rings is 2. The smallest absolute Gasteiger partial charge is 0.240 e. The maximum Gasteiger partial charge on any atom is 0.240 e. The van der Waals surface area contributed by atoms with E-state index < -0.39 is 0 Å². The molecule has 4 rings (SSSR count). The van der Waals surface area contributed by atoms with Gasteiger partial charge >= 0.3 is 0 Å². The van der Waals surface area contributed by atoms with E-state index in [2.05, 4.69) is 32.7 Å². The first-order valence-electron chi connectivity index (χ1n) is 9.05. The summed E-state index contributed by atoms with van der Waals surface area (Å²) < 4.78 is 14.0. The third-order valence-electron chi connectivity index (χ3n) is 4.70. The topological polar surface area (TPSA) is 57.3 Å². The van der Waals surface area contributed by atoms with Gasteiger partial charge in [-0.1, -0.05) is 29.5 Å². The molecule has 0 unspecified atom stereocenters. The molecule has 2 heterocycles.